The molecule has 0 aromatic heterocycles. The molecule has 1 aromatic rings. The fourth-order valence-electron chi connectivity index (χ4n) is 1.90. The van der Waals surface area contributed by atoms with Crippen molar-refractivity contribution in [2.24, 2.45) is 0 Å². The van der Waals surface area contributed by atoms with Crippen LogP contribution >= 0.6 is 0 Å². The number of aryl methyl sites for hydroxylation is 1. The van der Waals surface area contributed by atoms with Gasteiger partial charge in [-0.25, -0.2) is 4.39 Å². The predicted molar refractivity (Wildman–Crippen MR) is 68.6 cm³/mol. The van der Waals surface area contributed by atoms with Crippen molar-refractivity contribution in [1.82, 2.24) is 5.32 Å². The quantitative estimate of drug-likeness (QED) is 0.823. The van der Waals surface area contributed by atoms with Gasteiger partial charge < -0.3 is 10.1 Å². The van der Waals surface area contributed by atoms with Crippen LogP contribution in [-0.4, -0.2) is 19.8 Å². The second-order valence-corrected chi connectivity index (χ2v) is 4.40. The Balaban J connectivity index is 2.84. The number of rotatable bonds is 6. The lowest BCUT2D eigenvalue weighted by molar-refractivity contribution is 0.101. The van der Waals surface area contributed by atoms with Crippen molar-refractivity contribution in [3.05, 3.63) is 35.1 Å². The maximum Gasteiger partial charge on any atom is 0.126 e. The van der Waals surface area contributed by atoms with E-state index in [9.17, 15) is 4.39 Å². The molecular formula is C14H22FNO. The van der Waals surface area contributed by atoms with E-state index in [0.29, 0.717) is 5.56 Å². The fraction of sp³-hybridized carbons (Fsp3) is 0.571. The van der Waals surface area contributed by atoms with Crippen molar-refractivity contribution in [2.75, 3.05) is 13.7 Å². The standard InChI is InChI=1S/C14H22FNO/c1-5-16-14(9-11(3)17-4)12-6-7-13(15)10(2)8-12/h6-8,11,14,16H,5,9H2,1-4H3. The molecule has 0 fully saturated rings. The molecule has 0 aliphatic rings. The molecule has 0 spiro atoms. The number of nitrogens with one attached hydrogen (secondary N) is 1. The number of ether oxygens (including phenoxy) is 1. The summed E-state index contributed by atoms with van der Waals surface area (Å²) in [4.78, 5) is 0. The average Bonchev–Trinajstić information content (AvgIpc) is 2.32. The highest BCUT2D eigenvalue weighted by molar-refractivity contribution is 5.26. The zero-order valence-electron chi connectivity index (χ0n) is 11.1. The van der Waals surface area contributed by atoms with Crippen LogP contribution in [0.4, 0.5) is 4.39 Å². The molecule has 0 aliphatic carbocycles. The predicted octanol–water partition coefficient (Wildman–Crippen LogP) is 3.21. The van der Waals surface area contributed by atoms with Crippen molar-refractivity contribution < 1.29 is 9.13 Å². The summed E-state index contributed by atoms with van der Waals surface area (Å²) in [5.41, 5.74) is 1.81. The lowest BCUT2D eigenvalue weighted by Crippen LogP contribution is -2.25. The van der Waals surface area contributed by atoms with Crippen LogP contribution in [-0.2, 0) is 4.74 Å². The molecule has 2 nitrogen and oxygen atoms in total. The summed E-state index contributed by atoms with van der Waals surface area (Å²) in [5, 5.41) is 3.41. The van der Waals surface area contributed by atoms with Crippen LogP contribution in [0.2, 0.25) is 0 Å². The first-order chi connectivity index (χ1) is 8.08. The molecule has 0 saturated carbocycles. The highest BCUT2D eigenvalue weighted by Crippen LogP contribution is 2.21. The topological polar surface area (TPSA) is 21.3 Å². The zero-order valence-corrected chi connectivity index (χ0v) is 11.1. The molecule has 0 radical (unpaired) electrons. The minimum absolute atomic E-state index is 0.149. The number of benzene rings is 1. The van der Waals surface area contributed by atoms with E-state index in [1.165, 1.54) is 6.07 Å². The second kappa shape index (κ2) is 6.72. The molecule has 2 unspecified atom stereocenters. The van der Waals surface area contributed by atoms with Gasteiger partial charge in [-0.05, 0) is 44.0 Å². The molecule has 1 N–H and O–H groups in total. The van der Waals surface area contributed by atoms with Gasteiger partial charge in [0.25, 0.3) is 0 Å². The first kappa shape index (κ1) is 14.1. The van der Waals surface area contributed by atoms with Crippen LogP contribution in [0, 0.1) is 12.7 Å². The summed E-state index contributed by atoms with van der Waals surface area (Å²) in [6.45, 7) is 6.79. The summed E-state index contributed by atoms with van der Waals surface area (Å²) >= 11 is 0. The molecule has 0 aliphatic heterocycles. The van der Waals surface area contributed by atoms with E-state index in [4.69, 9.17) is 4.74 Å². The monoisotopic (exact) mass is 239 g/mol. The van der Waals surface area contributed by atoms with Gasteiger partial charge in [-0.1, -0.05) is 19.1 Å². The van der Waals surface area contributed by atoms with Gasteiger partial charge in [0.2, 0.25) is 0 Å². The van der Waals surface area contributed by atoms with Gasteiger partial charge in [0, 0.05) is 13.2 Å². The Morgan fingerprint density at radius 3 is 2.65 bits per heavy atom. The van der Waals surface area contributed by atoms with Crippen molar-refractivity contribution in [1.29, 1.82) is 0 Å². The SMILES string of the molecule is CCNC(CC(C)OC)c1ccc(F)c(C)c1. The Labute approximate surface area is 103 Å². The zero-order chi connectivity index (χ0) is 12.8. The van der Waals surface area contributed by atoms with Gasteiger partial charge in [-0.3, -0.25) is 0 Å². The maximum atomic E-state index is 13.2. The molecular weight excluding hydrogens is 217 g/mol. The third-order valence-electron chi connectivity index (χ3n) is 3.00. The third kappa shape index (κ3) is 4.10. The van der Waals surface area contributed by atoms with Crippen molar-refractivity contribution in [3.63, 3.8) is 0 Å². The van der Waals surface area contributed by atoms with Crippen molar-refractivity contribution in [3.8, 4) is 0 Å². The van der Waals surface area contributed by atoms with Gasteiger partial charge >= 0.3 is 0 Å². The molecule has 17 heavy (non-hydrogen) atoms. The molecule has 3 heteroatoms. The van der Waals surface area contributed by atoms with Gasteiger partial charge in [0.05, 0.1) is 6.10 Å². The first-order valence-corrected chi connectivity index (χ1v) is 6.10. The smallest absolute Gasteiger partial charge is 0.126 e. The fourth-order valence-corrected chi connectivity index (χ4v) is 1.90. The van der Waals surface area contributed by atoms with Crippen LogP contribution in [0.25, 0.3) is 0 Å². The van der Waals surface area contributed by atoms with Crippen molar-refractivity contribution >= 4 is 0 Å². The number of hydrogen-bond acceptors (Lipinski definition) is 2. The van der Waals surface area contributed by atoms with Crippen LogP contribution in [0.15, 0.2) is 18.2 Å². The van der Waals surface area contributed by atoms with Gasteiger partial charge in [-0.15, -0.1) is 0 Å². The van der Waals surface area contributed by atoms with Gasteiger partial charge in [0.1, 0.15) is 5.82 Å². The molecule has 0 bridgehead atoms. The van der Waals surface area contributed by atoms with Crippen LogP contribution in [0.1, 0.15) is 37.4 Å². The lowest BCUT2D eigenvalue weighted by atomic mass is 9.99. The highest BCUT2D eigenvalue weighted by Gasteiger charge is 2.14. The minimum Gasteiger partial charge on any atom is -0.382 e. The number of hydrogen-bond donors (Lipinski definition) is 1. The first-order valence-electron chi connectivity index (χ1n) is 6.10. The van der Waals surface area contributed by atoms with E-state index >= 15 is 0 Å². The van der Waals surface area contributed by atoms with E-state index < -0.39 is 0 Å². The summed E-state index contributed by atoms with van der Waals surface area (Å²) in [6.07, 6.45) is 1.07. The summed E-state index contributed by atoms with van der Waals surface area (Å²) in [7, 11) is 1.71. The minimum atomic E-state index is -0.149. The van der Waals surface area contributed by atoms with Crippen molar-refractivity contribution in [2.45, 2.75) is 39.3 Å². The van der Waals surface area contributed by atoms with Crippen LogP contribution in [0.5, 0.6) is 0 Å². The maximum absolute atomic E-state index is 13.2. The van der Waals surface area contributed by atoms with Gasteiger partial charge in [0.15, 0.2) is 0 Å². The molecule has 0 amide bonds. The molecule has 96 valence electrons. The van der Waals surface area contributed by atoms with E-state index in [2.05, 4.69) is 12.2 Å². The third-order valence-corrected chi connectivity index (χ3v) is 3.00. The average molecular weight is 239 g/mol. The summed E-state index contributed by atoms with van der Waals surface area (Å²) in [6, 6.07) is 5.50. The molecule has 0 saturated heterocycles. The Kier molecular flexibility index (Phi) is 5.59. The molecule has 2 atom stereocenters. The largest absolute Gasteiger partial charge is 0.382 e. The lowest BCUT2D eigenvalue weighted by Gasteiger charge is -2.22. The van der Waals surface area contributed by atoms with E-state index in [1.54, 1.807) is 14.0 Å². The molecule has 1 rings (SSSR count). The normalized spacial score (nSPS) is 14.6. The van der Waals surface area contributed by atoms with Crippen LogP contribution in [0.3, 0.4) is 0 Å². The number of methoxy groups -OCH3 is 1. The Morgan fingerprint density at radius 2 is 2.12 bits per heavy atom. The molecule has 1 aromatic carbocycles. The Bertz CT molecular complexity index is 354. The van der Waals surface area contributed by atoms with E-state index in [1.807, 2.05) is 19.1 Å². The van der Waals surface area contributed by atoms with Crippen LogP contribution < -0.4 is 5.32 Å². The summed E-state index contributed by atoms with van der Waals surface area (Å²) < 4.78 is 18.5. The van der Waals surface area contributed by atoms with E-state index in [-0.39, 0.29) is 18.0 Å². The number of halogens is 1. The van der Waals surface area contributed by atoms with E-state index in [0.717, 1.165) is 18.5 Å². The summed E-state index contributed by atoms with van der Waals surface area (Å²) in [5.74, 6) is -0.149. The molecule has 0 heterocycles. The van der Waals surface area contributed by atoms with Gasteiger partial charge in [-0.2, -0.15) is 0 Å². The Morgan fingerprint density at radius 1 is 1.41 bits per heavy atom. The Hall–Kier alpha value is -0.930. The second-order valence-electron chi connectivity index (χ2n) is 4.40. The highest BCUT2D eigenvalue weighted by atomic mass is 19.1.